The molecule has 1 aliphatic rings. The Kier molecular flexibility index (Phi) is 2.95. The van der Waals surface area contributed by atoms with E-state index in [9.17, 15) is 4.79 Å². The molecule has 1 fully saturated rings. The van der Waals surface area contributed by atoms with E-state index in [4.69, 9.17) is 4.74 Å². The van der Waals surface area contributed by atoms with Gasteiger partial charge in [0.05, 0.1) is 6.10 Å². The number of hydrogen-bond donors (Lipinski definition) is 0. The molecule has 2 aromatic carbocycles. The highest BCUT2D eigenvalue weighted by Gasteiger charge is 2.44. The topological polar surface area (TPSA) is 29.6 Å². The number of carbonyl (C=O) groups excluding carboxylic acids is 1. The third kappa shape index (κ3) is 2.34. The zero-order valence-electron chi connectivity index (χ0n) is 9.95. The molecule has 0 amide bonds. The number of carbonyl (C=O) groups is 1. The van der Waals surface area contributed by atoms with Crippen molar-refractivity contribution in [2.45, 2.75) is 18.6 Å². The van der Waals surface area contributed by atoms with Crippen molar-refractivity contribution in [3.05, 3.63) is 71.8 Å². The standard InChI is InChI=1S/C16H14O2/c17-15(13-9-5-2-6-10-13)16-14(18-16)11-12-7-3-1-4-8-12/h1-10,14,16H,11H2. The molecule has 3 rings (SSSR count). The molecule has 0 saturated carbocycles. The van der Waals surface area contributed by atoms with Crippen LogP contribution in [0.5, 0.6) is 0 Å². The average molecular weight is 238 g/mol. The largest absolute Gasteiger partial charge is 0.361 e. The van der Waals surface area contributed by atoms with Gasteiger partial charge >= 0.3 is 0 Å². The van der Waals surface area contributed by atoms with Crippen LogP contribution in [-0.2, 0) is 11.2 Å². The summed E-state index contributed by atoms with van der Waals surface area (Å²) in [5, 5.41) is 0. The number of epoxide rings is 1. The molecule has 1 saturated heterocycles. The summed E-state index contributed by atoms with van der Waals surface area (Å²) in [5.74, 6) is 0.0940. The zero-order chi connectivity index (χ0) is 12.4. The third-order valence-corrected chi connectivity index (χ3v) is 3.18. The second kappa shape index (κ2) is 4.75. The molecule has 0 radical (unpaired) electrons. The second-order valence-electron chi connectivity index (χ2n) is 4.52. The van der Waals surface area contributed by atoms with E-state index in [1.165, 1.54) is 5.56 Å². The van der Waals surface area contributed by atoms with Crippen LogP contribution in [0.4, 0.5) is 0 Å². The molecular weight excluding hydrogens is 224 g/mol. The van der Waals surface area contributed by atoms with E-state index >= 15 is 0 Å². The quantitative estimate of drug-likeness (QED) is 0.605. The first-order valence-corrected chi connectivity index (χ1v) is 6.13. The number of rotatable bonds is 4. The van der Waals surface area contributed by atoms with Crippen molar-refractivity contribution in [1.29, 1.82) is 0 Å². The average Bonchev–Trinajstić information content (AvgIpc) is 3.19. The van der Waals surface area contributed by atoms with Crippen LogP contribution < -0.4 is 0 Å². The summed E-state index contributed by atoms with van der Waals surface area (Å²) in [4.78, 5) is 12.1. The van der Waals surface area contributed by atoms with Crippen LogP contribution in [0, 0.1) is 0 Å². The number of benzene rings is 2. The first-order valence-electron chi connectivity index (χ1n) is 6.13. The van der Waals surface area contributed by atoms with Gasteiger partial charge in [0.2, 0.25) is 0 Å². The molecule has 1 heterocycles. The number of hydrogen-bond acceptors (Lipinski definition) is 2. The van der Waals surface area contributed by atoms with Crippen LogP contribution in [0.3, 0.4) is 0 Å². The Balaban J connectivity index is 1.63. The second-order valence-corrected chi connectivity index (χ2v) is 4.52. The number of Topliss-reactive ketones (excluding diaryl/α,β-unsaturated/α-hetero) is 1. The van der Waals surface area contributed by atoms with Crippen LogP contribution in [0.15, 0.2) is 60.7 Å². The van der Waals surface area contributed by atoms with Crippen molar-refractivity contribution < 1.29 is 9.53 Å². The van der Waals surface area contributed by atoms with E-state index < -0.39 is 0 Å². The first-order chi connectivity index (χ1) is 8.84. The molecule has 18 heavy (non-hydrogen) atoms. The molecule has 0 spiro atoms. The van der Waals surface area contributed by atoms with Crippen molar-refractivity contribution in [1.82, 2.24) is 0 Å². The maximum atomic E-state index is 12.1. The predicted octanol–water partition coefficient (Wildman–Crippen LogP) is 2.88. The minimum atomic E-state index is -0.257. The fourth-order valence-corrected chi connectivity index (χ4v) is 2.14. The van der Waals surface area contributed by atoms with E-state index in [1.54, 1.807) is 0 Å². The normalized spacial score (nSPS) is 21.6. The fraction of sp³-hybridized carbons (Fsp3) is 0.188. The Morgan fingerprint density at radius 1 is 0.944 bits per heavy atom. The van der Waals surface area contributed by atoms with Gasteiger partial charge in [0.15, 0.2) is 5.78 Å². The number of ether oxygens (including phenoxy) is 1. The summed E-state index contributed by atoms with van der Waals surface area (Å²) in [5.41, 5.74) is 1.95. The van der Waals surface area contributed by atoms with Crippen LogP contribution in [0.25, 0.3) is 0 Å². The molecule has 0 N–H and O–H groups in total. The highest BCUT2D eigenvalue weighted by atomic mass is 16.6. The molecule has 0 aromatic heterocycles. The summed E-state index contributed by atoms with van der Waals surface area (Å²) in [6.45, 7) is 0. The Bertz CT molecular complexity index is 534. The zero-order valence-corrected chi connectivity index (χ0v) is 9.95. The van der Waals surface area contributed by atoms with Gasteiger partial charge in [0.25, 0.3) is 0 Å². The van der Waals surface area contributed by atoms with Gasteiger partial charge in [0, 0.05) is 12.0 Å². The maximum Gasteiger partial charge on any atom is 0.194 e. The van der Waals surface area contributed by atoms with Gasteiger partial charge in [-0.15, -0.1) is 0 Å². The molecular formula is C16H14O2. The van der Waals surface area contributed by atoms with Gasteiger partial charge < -0.3 is 4.74 Å². The fourth-order valence-electron chi connectivity index (χ4n) is 2.14. The molecule has 0 bridgehead atoms. The van der Waals surface area contributed by atoms with Crippen LogP contribution in [0.2, 0.25) is 0 Å². The molecule has 1 aliphatic heterocycles. The third-order valence-electron chi connectivity index (χ3n) is 3.18. The van der Waals surface area contributed by atoms with Gasteiger partial charge in [-0.3, -0.25) is 4.79 Å². The summed E-state index contributed by atoms with van der Waals surface area (Å²) >= 11 is 0. The van der Waals surface area contributed by atoms with Crippen molar-refractivity contribution in [3.63, 3.8) is 0 Å². The van der Waals surface area contributed by atoms with Gasteiger partial charge in [0.1, 0.15) is 6.10 Å². The highest BCUT2D eigenvalue weighted by molar-refractivity contribution is 6.01. The summed E-state index contributed by atoms with van der Waals surface area (Å²) in [6.07, 6.45) is 0.595. The van der Waals surface area contributed by atoms with E-state index in [1.807, 2.05) is 48.5 Å². The van der Waals surface area contributed by atoms with E-state index in [0.29, 0.717) is 0 Å². The molecule has 2 atom stereocenters. The minimum Gasteiger partial charge on any atom is -0.361 e. The highest BCUT2D eigenvalue weighted by Crippen LogP contribution is 2.29. The van der Waals surface area contributed by atoms with Crippen molar-refractivity contribution in [3.8, 4) is 0 Å². The molecule has 2 aromatic rings. The van der Waals surface area contributed by atoms with Gasteiger partial charge in [-0.05, 0) is 5.56 Å². The smallest absolute Gasteiger partial charge is 0.194 e. The van der Waals surface area contributed by atoms with E-state index in [0.717, 1.165) is 12.0 Å². The lowest BCUT2D eigenvalue weighted by Crippen LogP contribution is -2.11. The molecule has 2 nitrogen and oxygen atoms in total. The van der Waals surface area contributed by atoms with Crippen molar-refractivity contribution in [2.75, 3.05) is 0 Å². The summed E-state index contributed by atoms with van der Waals surface area (Å²) in [7, 11) is 0. The van der Waals surface area contributed by atoms with Crippen LogP contribution >= 0.6 is 0 Å². The van der Waals surface area contributed by atoms with Gasteiger partial charge in [-0.1, -0.05) is 60.7 Å². The summed E-state index contributed by atoms with van der Waals surface area (Å²) < 4.78 is 5.49. The lowest BCUT2D eigenvalue weighted by Gasteiger charge is -1.97. The molecule has 90 valence electrons. The van der Waals surface area contributed by atoms with Gasteiger partial charge in [-0.25, -0.2) is 0 Å². The van der Waals surface area contributed by atoms with Crippen LogP contribution in [-0.4, -0.2) is 18.0 Å². The minimum absolute atomic E-state index is 0.0418. The summed E-state index contributed by atoms with van der Waals surface area (Å²) in [6, 6.07) is 19.5. The monoisotopic (exact) mass is 238 g/mol. The SMILES string of the molecule is O=C(c1ccccc1)C1OC1Cc1ccccc1. The van der Waals surface area contributed by atoms with Crippen molar-refractivity contribution >= 4 is 5.78 Å². The Morgan fingerprint density at radius 2 is 1.56 bits per heavy atom. The Morgan fingerprint density at radius 3 is 2.22 bits per heavy atom. The molecule has 2 heteroatoms. The van der Waals surface area contributed by atoms with E-state index in [-0.39, 0.29) is 18.0 Å². The first kappa shape index (κ1) is 11.2. The lowest BCUT2D eigenvalue weighted by atomic mass is 10.0. The predicted molar refractivity (Wildman–Crippen MR) is 69.6 cm³/mol. The molecule has 2 unspecified atom stereocenters. The van der Waals surface area contributed by atoms with Crippen LogP contribution in [0.1, 0.15) is 15.9 Å². The van der Waals surface area contributed by atoms with Crippen molar-refractivity contribution in [2.24, 2.45) is 0 Å². The Hall–Kier alpha value is -1.93. The number of ketones is 1. The molecule has 0 aliphatic carbocycles. The Labute approximate surface area is 106 Å². The van der Waals surface area contributed by atoms with Gasteiger partial charge in [-0.2, -0.15) is 0 Å². The van der Waals surface area contributed by atoms with E-state index in [2.05, 4.69) is 12.1 Å². The lowest BCUT2D eigenvalue weighted by molar-refractivity contribution is 0.0953. The maximum absolute atomic E-state index is 12.1.